The minimum atomic E-state index is -0.397. The second-order valence-corrected chi connectivity index (χ2v) is 5.29. The fourth-order valence-corrected chi connectivity index (χ4v) is 3.65. The van der Waals surface area contributed by atoms with Crippen LogP contribution in [-0.4, -0.2) is 6.08 Å². The van der Waals surface area contributed by atoms with Gasteiger partial charge in [-0.2, -0.15) is 10.3 Å². The van der Waals surface area contributed by atoms with Gasteiger partial charge in [0, 0.05) is 5.92 Å². The van der Waals surface area contributed by atoms with Crippen LogP contribution >= 0.6 is 0 Å². The summed E-state index contributed by atoms with van der Waals surface area (Å²) in [5.74, 6) is 0.397. The van der Waals surface area contributed by atoms with Crippen LogP contribution in [0, 0.1) is 23.2 Å². The minimum Gasteiger partial charge on any atom is -0.211 e. The fraction of sp³-hybridized carbons (Fsp3) is 0.467. The molecule has 3 nitrogen and oxygen atoms in total. The third-order valence-corrected chi connectivity index (χ3v) is 4.50. The van der Waals surface area contributed by atoms with Crippen LogP contribution in [0.2, 0.25) is 0 Å². The normalized spacial score (nSPS) is 32.8. The highest BCUT2D eigenvalue weighted by Gasteiger charge is 2.50. The van der Waals surface area contributed by atoms with E-state index in [1.165, 1.54) is 11.1 Å². The number of nitriles is 1. The monoisotopic (exact) mass is 238 g/mol. The zero-order chi connectivity index (χ0) is 12.6. The molecule has 1 saturated carbocycles. The number of aliphatic imine (C=N–C) groups is 1. The topological polar surface area (TPSA) is 53.2 Å². The van der Waals surface area contributed by atoms with Crippen molar-refractivity contribution in [2.45, 2.75) is 31.2 Å². The zero-order valence-electron chi connectivity index (χ0n) is 10.1. The van der Waals surface area contributed by atoms with E-state index >= 15 is 0 Å². The van der Waals surface area contributed by atoms with Crippen molar-refractivity contribution in [3.05, 3.63) is 35.4 Å². The number of rotatable bonds is 1. The summed E-state index contributed by atoms with van der Waals surface area (Å²) in [5.41, 5.74) is 2.06. The van der Waals surface area contributed by atoms with E-state index < -0.39 is 5.54 Å². The van der Waals surface area contributed by atoms with Crippen LogP contribution in [0.25, 0.3) is 0 Å². The Bertz CT molecular complexity index is 568. The van der Waals surface area contributed by atoms with Crippen LogP contribution in [0.15, 0.2) is 29.3 Å². The predicted octanol–water partition coefficient (Wildman–Crippen LogP) is 2.71. The molecule has 0 unspecified atom stereocenters. The minimum absolute atomic E-state index is 0.110. The molecule has 90 valence electrons. The van der Waals surface area contributed by atoms with E-state index in [0.29, 0.717) is 0 Å². The Balaban J connectivity index is 2.09. The number of isocyanates is 1. The van der Waals surface area contributed by atoms with Gasteiger partial charge in [-0.15, -0.1) is 0 Å². The van der Waals surface area contributed by atoms with Gasteiger partial charge in [0.1, 0.15) is 5.54 Å². The molecule has 0 radical (unpaired) electrons. The van der Waals surface area contributed by atoms with Gasteiger partial charge < -0.3 is 0 Å². The highest BCUT2D eigenvalue weighted by atomic mass is 16.1. The van der Waals surface area contributed by atoms with Crippen LogP contribution < -0.4 is 0 Å². The van der Waals surface area contributed by atoms with E-state index in [4.69, 9.17) is 5.26 Å². The molecule has 1 aromatic rings. The Hall–Kier alpha value is -1.91. The van der Waals surface area contributed by atoms with E-state index in [2.05, 4.69) is 23.2 Å². The molecule has 3 atom stereocenters. The molecule has 1 aromatic carbocycles. The summed E-state index contributed by atoms with van der Waals surface area (Å²) in [7, 11) is 0. The SMILES string of the molecule is N#C[C@H]1CC[C@]2(N=C=O)c3ccccc3C[C@@H]2C1. The van der Waals surface area contributed by atoms with E-state index in [9.17, 15) is 4.79 Å². The molecular weight excluding hydrogens is 224 g/mol. The van der Waals surface area contributed by atoms with Gasteiger partial charge in [-0.3, -0.25) is 0 Å². The van der Waals surface area contributed by atoms with Gasteiger partial charge >= 0.3 is 0 Å². The lowest BCUT2D eigenvalue weighted by Crippen LogP contribution is -2.35. The van der Waals surface area contributed by atoms with Crippen LogP contribution in [0.1, 0.15) is 30.4 Å². The molecule has 0 aliphatic heterocycles. The van der Waals surface area contributed by atoms with Crippen LogP contribution in [0.4, 0.5) is 0 Å². The molecule has 0 amide bonds. The summed E-state index contributed by atoms with van der Waals surface area (Å²) < 4.78 is 0. The van der Waals surface area contributed by atoms with Gasteiger partial charge in [0.05, 0.1) is 6.07 Å². The molecule has 18 heavy (non-hydrogen) atoms. The van der Waals surface area contributed by atoms with E-state index in [1.54, 1.807) is 6.08 Å². The van der Waals surface area contributed by atoms with Crippen molar-refractivity contribution in [3.8, 4) is 6.07 Å². The second kappa shape index (κ2) is 4.08. The standard InChI is InChI=1S/C15H14N2O/c16-9-11-5-6-15(17-10-18)13(7-11)8-12-3-1-2-4-14(12)15/h1-4,11,13H,5-8H2/t11-,13-,15+/m0/s1. The predicted molar refractivity (Wildman–Crippen MR) is 66.4 cm³/mol. The van der Waals surface area contributed by atoms with Crippen molar-refractivity contribution in [1.82, 2.24) is 0 Å². The van der Waals surface area contributed by atoms with Crippen LogP contribution in [0.5, 0.6) is 0 Å². The first-order valence-electron chi connectivity index (χ1n) is 6.37. The number of benzene rings is 1. The lowest BCUT2D eigenvalue weighted by Gasteiger charge is -2.37. The van der Waals surface area contributed by atoms with E-state index in [1.807, 2.05) is 12.1 Å². The average Bonchev–Trinajstić information content (AvgIpc) is 2.72. The summed E-state index contributed by atoms with van der Waals surface area (Å²) >= 11 is 0. The Morgan fingerprint density at radius 1 is 1.39 bits per heavy atom. The number of hydrogen-bond acceptors (Lipinski definition) is 3. The van der Waals surface area contributed by atoms with Gasteiger partial charge in [-0.05, 0) is 42.7 Å². The van der Waals surface area contributed by atoms with E-state index in [0.717, 1.165) is 25.7 Å². The second-order valence-electron chi connectivity index (χ2n) is 5.29. The molecule has 0 bridgehead atoms. The Morgan fingerprint density at radius 3 is 3.00 bits per heavy atom. The number of hydrogen-bond donors (Lipinski definition) is 0. The zero-order valence-corrected chi connectivity index (χ0v) is 10.1. The summed E-state index contributed by atoms with van der Waals surface area (Å²) in [6.07, 6.45) is 5.16. The molecule has 3 heteroatoms. The molecule has 0 saturated heterocycles. The molecule has 0 N–H and O–H groups in total. The largest absolute Gasteiger partial charge is 0.235 e. The highest BCUT2D eigenvalue weighted by molar-refractivity contribution is 5.46. The smallest absolute Gasteiger partial charge is 0.211 e. The summed E-state index contributed by atoms with van der Waals surface area (Å²) in [5, 5.41) is 9.08. The maximum atomic E-state index is 10.8. The van der Waals surface area contributed by atoms with Gasteiger partial charge in [0.25, 0.3) is 0 Å². The molecule has 1 fully saturated rings. The molecule has 3 rings (SSSR count). The number of fused-ring (bicyclic) bond motifs is 3. The highest BCUT2D eigenvalue weighted by Crippen LogP contribution is 2.53. The van der Waals surface area contributed by atoms with Gasteiger partial charge in [0.15, 0.2) is 0 Å². The van der Waals surface area contributed by atoms with E-state index in [-0.39, 0.29) is 11.8 Å². The maximum Gasteiger partial charge on any atom is 0.235 e. The Kier molecular flexibility index (Phi) is 2.54. The molecule has 0 spiro atoms. The van der Waals surface area contributed by atoms with Crippen LogP contribution in [-0.2, 0) is 16.8 Å². The lowest BCUT2D eigenvalue weighted by atomic mass is 9.69. The first kappa shape index (κ1) is 11.2. The van der Waals surface area contributed by atoms with Gasteiger partial charge in [0.2, 0.25) is 6.08 Å². The third kappa shape index (κ3) is 1.43. The summed E-state index contributed by atoms with van der Waals surface area (Å²) in [6.45, 7) is 0. The van der Waals surface area contributed by atoms with Crippen molar-refractivity contribution in [2.24, 2.45) is 16.8 Å². The molecular formula is C15H14N2O. The molecule has 0 aromatic heterocycles. The maximum absolute atomic E-state index is 10.8. The third-order valence-electron chi connectivity index (χ3n) is 4.50. The summed E-state index contributed by atoms with van der Waals surface area (Å²) in [6, 6.07) is 10.6. The first-order chi connectivity index (χ1) is 8.80. The Labute approximate surface area is 106 Å². The van der Waals surface area contributed by atoms with Gasteiger partial charge in [-0.25, -0.2) is 4.79 Å². The van der Waals surface area contributed by atoms with Crippen molar-refractivity contribution < 1.29 is 4.79 Å². The van der Waals surface area contributed by atoms with Crippen molar-refractivity contribution in [2.75, 3.05) is 0 Å². The summed E-state index contributed by atoms with van der Waals surface area (Å²) in [4.78, 5) is 15.0. The molecule has 0 heterocycles. The van der Waals surface area contributed by atoms with Crippen molar-refractivity contribution in [3.63, 3.8) is 0 Å². The van der Waals surface area contributed by atoms with Crippen LogP contribution in [0.3, 0.4) is 0 Å². The first-order valence-corrected chi connectivity index (χ1v) is 6.37. The number of nitrogens with zero attached hydrogens (tertiary/aromatic N) is 2. The Morgan fingerprint density at radius 2 is 2.22 bits per heavy atom. The number of carbonyl (C=O) groups excluding carboxylic acids is 1. The quantitative estimate of drug-likeness (QED) is 0.558. The fourth-order valence-electron chi connectivity index (χ4n) is 3.65. The molecule has 2 aliphatic carbocycles. The molecule has 2 aliphatic rings. The average molecular weight is 238 g/mol. The lowest BCUT2D eigenvalue weighted by molar-refractivity contribution is 0.185. The van der Waals surface area contributed by atoms with Gasteiger partial charge in [-0.1, -0.05) is 24.3 Å². The van der Waals surface area contributed by atoms with Crippen molar-refractivity contribution >= 4 is 6.08 Å². The van der Waals surface area contributed by atoms with Crippen molar-refractivity contribution in [1.29, 1.82) is 5.26 Å².